The lowest BCUT2D eigenvalue weighted by Crippen LogP contribution is -1.96. The molecular formula is C61H40N4. The van der Waals surface area contributed by atoms with E-state index in [-0.39, 0.29) is 0 Å². The summed E-state index contributed by atoms with van der Waals surface area (Å²) in [5.74, 6) is 0.682. The predicted molar refractivity (Wildman–Crippen MR) is 270 cm³/mol. The van der Waals surface area contributed by atoms with Crippen LogP contribution in [-0.2, 0) is 0 Å². The highest BCUT2D eigenvalue weighted by Crippen LogP contribution is 2.41. The molecule has 3 aromatic heterocycles. The van der Waals surface area contributed by atoms with Crippen molar-refractivity contribution in [2.45, 2.75) is 0 Å². The number of para-hydroxylation sites is 2. The second-order valence-electron chi connectivity index (χ2n) is 16.4. The molecule has 0 saturated carbocycles. The molecule has 0 amide bonds. The van der Waals surface area contributed by atoms with E-state index in [1.54, 1.807) is 0 Å². The molecule has 0 spiro atoms. The molecule has 12 aromatic rings. The number of fused-ring (bicyclic) bond motifs is 5. The minimum atomic E-state index is 0.682. The normalized spacial score (nSPS) is 11.4. The second-order valence-corrected chi connectivity index (χ2v) is 16.4. The number of hydrogen-bond donors (Lipinski definition) is 0. The Kier molecular flexibility index (Phi) is 9.46. The van der Waals surface area contributed by atoms with Gasteiger partial charge in [0, 0.05) is 44.1 Å². The molecule has 0 atom stereocenters. The highest BCUT2D eigenvalue weighted by atomic mass is 15.0. The summed E-state index contributed by atoms with van der Waals surface area (Å²) in [4.78, 5) is 15.6. The number of rotatable bonds is 8. The molecule has 4 nitrogen and oxygen atoms in total. The van der Waals surface area contributed by atoms with Gasteiger partial charge in [-0.15, -0.1) is 0 Å². The molecule has 4 heteroatoms. The third kappa shape index (κ3) is 7.04. The summed E-state index contributed by atoms with van der Waals surface area (Å²) in [5, 5.41) is 3.47. The Hall–Kier alpha value is -8.73. The highest BCUT2D eigenvalue weighted by Gasteiger charge is 2.20. The van der Waals surface area contributed by atoms with Crippen LogP contribution in [0.2, 0.25) is 0 Å². The van der Waals surface area contributed by atoms with Gasteiger partial charge in [0.25, 0.3) is 0 Å². The van der Waals surface area contributed by atoms with E-state index in [4.69, 9.17) is 15.0 Å². The molecule has 65 heavy (non-hydrogen) atoms. The molecule has 304 valence electrons. The van der Waals surface area contributed by atoms with Gasteiger partial charge in [0.2, 0.25) is 0 Å². The highest BCUT2D eigenvalue weighted by molar-refractivity contribution is 6.22. The Bertz CT molecular complexity index is 3540. The summed E-state index contributed by atoms with van der Waals surface area (Å²) in [6.07, 6.45) is 0. The SMILES string of the molecule is c1ccc(-c2ccc(-c3cc(-c4ccc(-c5ccccc5)cc4)nc(-c4ccc(-c5ccc(-n6c7ccccc7c7c(-c8ccccc8)nc8ccccc8c76)cc5)cc4)n3)cc2)cc1. The van der Waals surface area contributed by atoms with Crippen molar-refractivity contribution in [3.05, 3.63) is 243 Å². The van der Waals surface area contributed by atoms with Gasteiger partial charge in [0.15, 0.2) is 5.82 Å². The lowest BCUT2D eigenvalue weighted by molar-refractivity contribution is 1.18. The summed E-state index contributed by atoms with van der Waals surface area (Å²) in [6, 6.07) is 85.6. The number of aromatic nitrogens is 4. The Labute approximate surface area is 377 Å². The average molecular weight is 829 g/mol. The summed E-state index contributed by atoms with van der Waals surface area (Å²) >= 11 is 0. The number of pyridine rings is 1. The Morgan fingerprint density at radius 3 is 1.23 bits per heavy atom. The molecule has 0 aliphatic rings. The van der Waals surface area contributed by atoms with Gasteiger partial charge in [0.05, 0.1) is 33.6 Å². The zero-order valence-corrected chi connectivity index (χ0v) is 35.4. The topological polar surface area (TPSA) is 43.6 Å². The lowest BCUT2D eigenvalue weighted by atomic mass is 10.00. The van der Waals surface area contributed by atoms with Gasteiger partial charge in [-0.25, -0.2) is 15.0 Å². The van der Waals surface area contributed by atoms with E-state index in [0.717, 1.165) is 83.5 Å². The first-order valence-electron chi connectivity index (χ1n) is 22.0. The molecule has 12 rings (SSSR count). The van der Waals surface area contributed by atoms with Crippen molar-refractivity contribution in [1.29, 1.82) is 0 Å². The van der Waals surface area contributed by atoms with E-state index in [1.807, 2.05) is 12.1 Å². The fourth-order valence-corrected chi connectivity index (χ4v) is 9.17. The van der Waals surface area contributed by atoms with Crippen LogP contribution in [0, 0.1) is 0 Å². The Morgan fingerprint density at radius 2 is 0.692 bits per heavy atom. The van der Waals surface area contributed by atoms with Gasteiger partial charge < -0.3 is 4.57 Å². The van der Waals surface area contributed by atoms with Crippen LogP contribution in [0.15, 0.2) is 243 Å². The fourth-order valence-electron chi connectivity index (χ4n) is 9.17. The predicted octanol–water partition coefficient (Wildman–Crippen LogP) is 15.8. The van der Waals surface area contributed by atoms with Crippen LogP contribution in [-0.4, -0.2) is 19.5 Å². The first-order chi connectivity index (χ1) is 32.2. The van der Waals surface area contributed by atoms with Crippen molar-refractivity contribution in [2.24, 2.45) is 0 Å². The summed E-state index contributed by atoms with van der Waals surface area (Å²) in [6.45, 7) is 0. The first kappa shape index (κ1) is 38.0. The van der Waals surface area contributed by atoms with Crippen LogP contribution < -0.4 is 0 Å². The van der Waals surface area contributed by atoms with E-state index in [2.05, 4.69) is 235 Å². The smallest absolute Gasteiger partial charge is 0.160 e. The molecule has 0 bridgehead atoms. The lowest BCUT2D eigenvalue weighted by Gasteiger charge is -2.13. The van der Waals surface area contributed by atoms with E-state index in [0.29, 0.717) is 5.82 Å². The second kappa shape index (κ2) is 16.2. The molecule has 3 heterocycles. The van der Waals surface area contributed by atoms with Crippen molar-refractivity contribution >= 4 is 32.7 Å². The van der Waals surface area contributed by atoms with Gasteiger partial charge in [-0.1, -0.05) is 212 Å². The van der Waals surface area contributed by atoms with Crippen LogP contribution in [0.5, 0.6) is 0 Å². The van der Waals surface area contributed by atoms with Crippen molar-refractivity contribution < 1.29 is 0 Å². The Morgan fingerprint density at radius 1 is 0.292 bits per heavy atom. The minimum Gasteiger partial charge on any atom is -0.308 e. The van der Waals surface area contributed by atoms with Gasteiger partial charge in [0.1, 0.15) is 0 Å². The van der Waals surface area contributed by atoms with E-state index in [9.17, 15) is 0 Å². The van der Waals surface area contributed by atoms with Crippen molar-refractivity contribution in [1.82, 2.24) is 19.5 Å². The number of benzene rings is 9. The molecular weight excluding hydrogens is 789 g/mol. The van der Waals surface area contributed by atoms with Gasteiger partial charge >= 0.3 is 0 Å². The van der Waals surface area contributed by atoms with Gasteiger partial charge in [-0.2, -0.15) is 0 Å². The van der Waals surface area contributed by atoms with Crippen molar-refractivity contribution in [3.8, 4) is 84.2 Å². The van der Waals surface area contributed by atoms with Crippen LogP contribution in [0.3, 0.4) is 0 Å². The average Bonchev–Trinajstić information content (AvgIpc) is 3.75. The third-order valence-corrected chi connectivity index (χ3v) is 12.5. The standard InChI is InChI=1S/C61H40N4/c1-4-14-41(15-5-1)43-24-30-47(31-25-43)55-40-56(48-32-26-44(27-33-48)42-16-6-2-7-17-42)64-61(63-55)50-34-28-45(29-35-50)46-36-38-51(39-37-46)65-57-23-13-11-21-53(57)58-59(49-18-8-3-9-19-49)62-54-22-12-10-20-52(54)60(58)65/h1-40H. The van der Waals surface area contributed by atoms with E-state index in [1.165, 1.54) is 27.6 Å². The van der Waals surface area contributed by atoms with Gasteiger partial charge in [-0.3, -0.25) is 0 Å². The maximum Gasteiger partial charge on any atom is 0.160 e. The van der Waals surface area contributed by atoms with Crippen LogP contribution >= 0.6 is 0 Å². The molecule has 0 aliphatic heterocycles. The largest absolute Gasteiger partial charge is 0.308 e. The van der Waals surface area contributed by atoms with E-state index < -0.39 is 0 Å². The molecule has 0 aliphatic carbocycles. The number of nitrogens with zero attached hydrogens (tertiary/aromatic N) is 4. The maximum absolute atomic E-state index is 5.26. The first-order valence-corrected chi connectivity index (χ1v) is 22.0. The molecule has 0 unspecified atom stereocenters. The molecule has 0 saturated heterocycles. The molecule has 0 N–H and O–H groups in total. The van der Waals surface area contributed by atoms with E-state index >= 15 is 0 Å². The Balaban J connectivity index is 0.911. The molecule has 0 radical (unpaired) electrons. The fraction of sp³-hybridized carbons (Fsp3) is 0. The summed E-state index contributed by atoms with van der Waals surface area (Å²) < 4.78 is 2.40. The van der Waals surface area contributed by atoms with Gasteiger partial charge in [-0.05, 0) is 63.7 Å². The summed E-state index contributed by atoms with van der Waals surface area (Å²) in [5.41, 5.74) is 18.2. The third-order valence-electron chi connectivity index (χ3n) is 12.5. The molecule has 9 aromatic carbocycles. The van der Waals surface area contributed by atoms with Crippen molar-refractivity contribution in [2.75, 3.05) is 0 Å². The monoisotopic (exact) mass is 828 g/mol. The maximum atomic E-state index is 5.26. The number of hydrogen-bond acceptors (Lipinski definition) is 3. The zero-order chi connectivity index (χ0) is 43.1. The van der Waals surface area contributed by atoms with Crippen LogP contribution in [0.25, 0.3) is 117 Å². The summed E-state index contributed by atoms with van der Waals surface area (Å²) in [7, 11) is 0. The zero-order valence-electron chi connectivity index (χ0n) is 35.4. The van der Waals surface area contributed by atoms with Crippen molar-refractivity contribution in [3.63, 3.8) is 0 Å². The molecule has 0 fully saturated rings. The van der Waals surface area contributed by atoms with Crippen LogP contribution in [0.1, 0.15) is 0 Å². The van der Waals surface area contributed by atoms with Crippen LogP contribution in [0.4, 0.5) is 0 Å². The quantitative estimate of drug-likeness (QED) is 0.153. The minimum absolute atomic E-state index is 0.682.